The van der Waals surface area contributed by atoms with E-state index in [0.717, 1.165) is 18.7 Å². The zero-order valence-electron chi connectivity index (χ0n) is 14.9. The zero-order valence-corrected chi connectivity index (χ0v) is 14.9. The SMILES string of the molecule is CC(NCCc1c[nH]c2ccccc12)c1ccc(N2CCOC2=O)cc1. The van der Waals surface area contributed by atoms with Gasteiger partial charge in [-0.3, -0.25) is 4.90 Å². The second-order valence-corrected chi connectivity index (χ2v) is 6.64. The van der Waals surface area contributed by atoms with E-state index in [0.29, 0.717) is 13.2 Å². The molecule has 0 bridgehead atoms. The van der Waals surface area contributed by atoms with Gasteiger partial charge in [0.05, 0.1) is 6.54 Å². The Morgan fingerprint density at radius 1 is 1.19 bits per heavy atom. The Hall–Kier alpha value is -2.79. The van der Waals surface area contributed by atoms with Crippen LogP contribution in [-0.4, -0.2) is 30.8 Å². The average Bonchev–Trinajstić information content (AvgIpc) is 3.28. The molecule has 1 aliphatic heterocycles. The molecular formula is C21H23N3O2. The maximum absolute atomic E-state index is 11.6. The molecule has 1 saturated heterocycles. The highest BCUT2D eigenvalue weighted by Gasteiger charge is 2.23. The van der Waals surface area contributed by atoms with Crippen LogP contribution in [0.3, 0.4) is 0 Å². The Morgan fingerprint density at radius 3 is 2.77 bits per heavy atom. The first-order valence-corrected chi connectivity index (χ1v) is 9.05. The van der Waals surface area contributed by atoms with Gasteiger partial charge in [0.15, 0.2) is 0 Å². The number of fused-ring (bicyclic) bond motifs is 1. The van der Waals surface area contributed by atoms with Crippen molar-refractivity contribution in [3.05, 3.63) is 65.9 Å². The largest absolute Gasteiger partial charge is 0.447 e. The number of anilines is 1. The summed E-state index contributed by atoms with van der Waals surface area (Å²) < 4.78 is 4.99. The number of amides is 1. The fraction of sp³-hybridized carbons (Fsp3) is 0.286. The van der Waals surface area contributed by atoms with Crippen LogP contribution >= 0.6 is 0 Å². The van der Waals surface area contributed by atoms with Crippen molar-refractivity contribution in [2.45, 2.75) is 19.4 Å². The van der Waals surface area contributed by atoms with Crippen LogP contribution in [0.1, 0.15) is 24.1 Å². The van der Waals surface area contributed by atoms with Crippen molar-refractivity contribution in [3.8, 4) is 0 Å². The van der Waals surface area contributed by atoms with Gasteiger partial charge in [-0.2, -0.15) is 0 Å². The van der Waals surface area contributed by atoms with E-state index >= 15 is 0 Å². The molecular weight excluding hydrogens is 326 g/mol. The lowest BCUT2D eigenvalue weighted by Crippen LogP contribution is -2.24. The summed E-state index contributed by atoms with van der Waals surface area (Å²) in [7, 11) is 0. The third-order valence-corrected chi connectivity index (χ3v) is 4.99. The van der Waals surface area contributed by atoms with Crippen LogP contribution in [0.15, 0.2) is 54.7 Å². The molecule has 1 unspecified atom stereocenters. The summed E-state index contributed by atoms with van der Waals surface area (Å²) in [6, 6.07) is 16.8. The lowest BCUT2D eigenvalue weighted by atomic mass is 10.1. The van der Waals surface area contributed by atoms with Gasteiger partial charge in [-0.05, 0) is 49.2 Å². The van der Waals surface area contributed by atoms with Gasteiger partial charge in [0.25, 0.3) is 0 Å². The van der Waals surface area contributed by atoms with E-state index in [4.69, 9.17) is 4.74 Å². The van der Waals surface area contributed by atoms with E-state index in [-0.39, 0.29) is 12.1 Å². The number of hydrogen-bond acceptors (Lipinski definition) is 3. The van der Waals surface area contributed by atoms with Crippen LogP contribution in [0.2, 0.25) is 0 Å². The van der Waals surface area contributed by atoms with Crippen LogP contribution in [0, 0.1) is 0 Å². The summed E-state index contributed by atoms with van der Waals surface area (Å²) in [5.74, 6) is 0. The van der Waals surface area contributed by atoms with Crippen molar-refractivity contribution in [1.82, 2.24) is 10.3 Å². The first-order valence-electron chi connectivity index (χ1n) is 9.05. The van der Waals surface area contributed by atoms with Gasteiger partial charge in [0.2, 0.25) is 0 Å². The van der Waals surface area contributed by atoms with Gasteiger partial charge in [0.1, 0.15) is 6.61 Å². The third kappa shape index (κ3) is 3.30. The maximum atomic E-state index is 11.6. The normalized spacial score (nSPS) is 15.4. The van der Waals surface area contributed by atoms with Crippen molar-refractivity contribution < 1.29 is 9.53 Å². The number of hydrogen-bond donors (Lipinski definition) is 2. The second-order valence-electron chi connectivity index (χ2n) is 6.64. The first-order chi connectivity index (χ1) is 12.7. The monoisotopic (exact) mass is 349 g/mol. The number of ether oxygens (including phenoxy) is 1. The predicted molar refractivity (Wildman–Crippen MR) is 104 cm³/mol. The number of nitrogens with zero attached hydrogens (tertiary/aromatic N) is 1. The number of H-pyrrole nitrogens is 1. The molecule has 2 heterocycles. The maximum Gasteiger partial charge on any atom is 0.414 e. The van der Waals surface area contributed by atoms with Gasteiger partial charge >= 0.3 is 6.09 Å². The molecule has 0 saturated carbocycles. The average molecular weight is 349 g/mol. The highest BCUT2D eigenvalue weighted by Crippen LogP contribution is 2.22. The highest BCUT2D eigenvalue weighted by atomic mass is 16.6. The lowest BCUT2D eigenvalue weighted by Gasteiger charge is -2.17. The topological polar surface area (TPSA) is 57.4 Å². The Balaban J connectivity index is 1.34. The summed E-state index contributed by atoms with van der Waals surface area (Å²) in [5, 5.41) is 4.88. The van der Waals surface area contributed by atoms with E-state index in [9.17, 15) is 4.79 Å². The van der Waals surface area contributed by atoms with Crippen LogP contribution in [0.5, 0.6) is 0 Å². The van der Waals surface area contributed by atoms with E-state index in [2.05, 4.69) is 59.8 Å². The number of aromatic nitrogens is 1. The van der Waals surface area contributed by atoms with Gasteiger partial charge in [0, 0.05) is 28.8 Å². The van der Waals surface area contributed by atoms with Crippen LogP contribution in [0.25, 0.3) is 10.9 Å². The molecule has 1 aromatic heterocycles. The molecule has 0 spiro atoms. The molecule has 4 rings (SSSR count). The fourth-order valence-corrected chi connectivity index (χ4v) is 3.45. The summed E-state index contributed by atoms with van der Waals surface area (Å²) in [6.45, 7) is 4.15. The number of carbonyl (C=O) groups is 1. The first kappa shape index (κ1) is 16.7. The Morgan fingerprint density at radius 2 is 2.00 bits per heavy atom. The Labute approximate surface area is 153 Å². The van der Waals surface area contributed by atoms with Crippen LogP contribution in [0.4, 0.5) is 10.5 Å². The number of para-hydroxylation sites is 1. The van der Waals surface area contributed by atoms with E-state index < -0.39 is 0 Å². The van der Waals surface area contributed by atoms with Crippen molar-refractivity contribution in [2.24, 2.45) is 0 Å². The molecule has 5 heteroatoms. The van der Waals surface area contributed by atoms with E-state index in [1.807, 2.05) is 12.1 Å². The second kappa shape index (κ2) is 7.22. The quantitative estimate of drug-likeness (QED) is 0.707. The summed E-state index contributed by atoms with van der Waals surface area (Å²) in [6.07, 6.45) is 2.81. The van der Waals surface area contributed by atoms with Gasteiger partial charge in [-0.15, -0.1) is 0 Å². The third-order valence-electron chi connectivity index (χ3n) is 4.99. The molecule has 0 radical (unpaired) electrons. The standard InChI is InChI=1S/C21H23N3O2/c1-15(16-6-8-18(9-7-16)24-12-13-26-21(24)25)22-11-10-17-14-23-20-5-3-2-4-19(17)20/h2-9,14-15,22-23H,10-13H2,1H3. The molecule has 5 nitrogen and oxygen atoms in total. The molecule has 1 aliphatic rings. The molecule has 2 aromatic carbocycles. The fourth-order valence-electron chi connectivity index (χ4n) is 3.45. The smallest absolute Gasteiger partial charge is 0.414 e. The molecule has 1 atom stereocenters. The molecule has 0 aliphatic carbocycles. The Kier molecular flexibility index (Phi) is 4.63. The van der Waals surface area contributed by atoms with Crippen molar-refractivity contribution in [1.29, 1.82) is 0 Å². The molecule has 1 amide bonds. The Bertz CT molecular complexity index is 901. The number of benzene rings is 2. The van der Waals surface area contributed by atoms with E-state index in [1.165, 1.54) is 22.0 Å². The minimum Gasteiger partial charge on any atom is -0.447 e. The molecule has 1 fully saturated rings. The summed E-state index contributed by atoms with van der Waals surface area (Å²) >= 11 is 0. The molecule has 134 valence electrons. The number of rotatable bonds is 6. The lowest BCUT2D eigenvalue weighted by molar-refractivity contribution is 0.181. The minimum atomic E-state index is -0.261. The van der Waals surface area contributed by atoms with Crippen LogP contribution < -0.4 is 10.2 Å². The number of carbonyl (C=O) groups excluding carboxylic acids is 1. The number of cyclic esters (lactones) is 1. The van der Waals surface area contributed by atoms with Gasteiger partial charge < -0.3 is 15.0 Å². The van der Waals surface area contributed by atoms with Gasteiger partial charge in [-0.1, -0.05) is 30.3 Å². The summed E-state index contributed by atoms with van der Waals surface area (Å²) in [5.41, 5.74) is 4.62. The van der Waals surface area contributed by atoms with Crippen molar-refractivity contribution >= 4 is 22.7 Å². The number of nitrogens with one attached hydrogen (secondary N) is 2. The van der Waals surface area contributed by atoms with Crippen LogP contribution in [-0.2, 0) is 11.2 Å². The molecule has 2 N–H and O–H groups in total. The summed E-state index contributed by atoms with van der Waals surface area (Å²) in [4.78, 5) is 16.6. The van der Waals surface area contributed by atoms with Crippen molar-refractivity contribution in [2.75, 3.05) is 24.6 Å². The number of aromatic amines is 1. The van der Waals surface area contributed by atoms with Crippen molar-refractivity contribution in [3.63, 3.8) is 0 Å². The minimum absolute atomic E-state index is 0.250. The highest BCUT2D eigenvalue weighted by molar-refractivity contribution is 5.89. The molecule has 26 heavy (non-hydrogen) atoms. The zero-order chi connectivity index (χ0) is 17.9. The van der Waals surface area contributed by atoms with E-state index in [1.54, 1.807) is 4.90 Å². The van der Waals surface area contributed by atoms with Gasteiger partial charge in [-0.25, -0.2) is 4.79 Å². The molecule has 3 aromatic rings. The predicted octanol–water partition coefficient (Wildman–Crippen LogP) is 4.02.